The standard InChI is InChI=1S/C16H16FN3O4/c17-13-5-1-11(2-6-13)9-18-16(22)19-10-15(21)12-3-7-14(8-4-12)20(23)24/h1-8,15,21H,9-10H2,(H2,18,19,22)/t15-/m0/s1. The zero-order valence-corrected chi connectivity index (χ0v) is 12.6. The minimum atomic E-state index is -0.984. The molecular formula is C16H16FN3O4. The van der Waals surface area contributed by atoms with Crippen molar-refractivity contribution in [3.8, 4) is 0 Å². The van der Waals surface area contributed by atoms with Gasteiger partial charge in [0.1, 0.15) is 5.82 Å². The van der Waals surface area contributed by atoms with Crippen molar-refractivity contribution >= 4 is 11.7 Å². The molecule has 3 N–H and O–H groups in total. The Labute approximate surface area is 137 Å². The molecule has 1 atom stereocenters. The lowest BCUT2D eigenvalue weighted by Crippen LogP contribution is -2.37. The molecule has 2 amide bonds. The van der Waals surface area contributed by atoms with Gasteiger partial charge in [0, 0.05) is 25.2 Å². The van der Waals surface area contributed by atoms with Crippen molar-refractivity contribution in [3.63, 3.8) is 0 Å². The van der Waals surface area contributed by atoms with E-state index in [1.54, 1.807) is 12.1 Å². The molecule has 126 valence electrons. The minimum Gasteiger partial charge on any atom is -0.387 e. The third-order valence-corrected chi connectivity index (χ3v) is 3.31. The summed E-state index contributed by atoms with van der Waals surface area (Å²) in [6.07, 6.45) is -0.984. The summed E-state index contributed by atoms with van der Waals surface area (Å²) in [5, 5.41) is 25.6. The molecule has 0 bridgehead atoms. The Hall–Kier alpha value is -3.00. The van der Waals surface area contributed by atoms with Crippen LogP contribution in [-0.4, -0.2) is 22.6 Å². The summed E-state index contributed by atoms with van der Waals surface area (Å²) in [6, 6.07) is 10.7. The van der Waals surface area contributed by atoms with Crippen LogP contribution in [0.3, 0.4) is 0 Å². The first-order valence-corrected chi connectivity index (χ1v) is 7.14. The van der Waals surface area contributed by atoms with Gasteiger partial charge in [0.25, 0.3) is 5.69 Å². The van der Waals surface area contributed by atoms with Gasteiger partial charge in [-0.3, -0.25) is 10.1 Å². The predicted octanol–water partition coefficient (Wildman–Crippen LogP) is 2.27. The molecule has 2 aromatic rings. The second-order valence-corrected chi connectivity index (χ2v) is 5.05. The summed E-state index contributed by atoms with van der Waals surface area (Å²) >= 11 is 0. The number of benzene rings is 2. The average molecular weight is 333 g/mol. The second kappa shape index (κ2) is 8.02. The van der Waals surface area contributed by atoms with Gasteiger partial charge in [-0.15, -0.1) is 0 Å². The van der Waals surface area contributed by atoms with Crippen molar-refractivity contribution in [2.45, 2.75) is 12.6 Å². The predicted molar refractivity (Wildman–Crippen MR) is 84.7 cm³/mol. The van der Waals surface area contributed by atoms with Gasteiger partial charge < -0.3 is 15.7 Å². The Morgan fingerprint density at radius 2 is 1.75 bits per heavy atom. The first-order valence-electron chi connectivity index (χ1n) is 7.14. The monoisotopic (exact) mass is 333 g/mol. The van der Waals surface area contributed by atoms with Gasteiger partial charge in [-0.05, 0) is 35.4 Å². The average Bonchev–Trinajstić information content (AvgIpc) is 2.59. The minimum absolute atomic E-state index is 0.0485. The van der Waals surface area contributed by atoms with Crippen molar-refractivity contribution in [1.82, 2.24) is 10.6 Å². The molecule has 0 aliphatic heterocycles. The highest BCUT2D eigenvalue weighted by Crippen LogP contribution is 2.17. The molecule has 0 aliphatic carbocycles. The zero-order chi connectivity index (χ0) is 17.5. The quantitative estimate of drug-likeness (QED) is 0.557. The number of nitro benzene ring substituents is 1. The van der Waals surface area contributed by atoms with Crippen LogP contribution in [0.15, 0.2) is 48.5 Å². The fraction of sp³-hybridized carbons (Fsp3) is 0.188. The van der Waals surface area contributed by atoms with E-state index in [4.69, 9.17) is 0 Å². The molecule has 2 aromatic carbocycles. The molecule has 2 rings (SSSR count). The summed E-state index contributed by atoms with van der Waals surface area (Å²) in [6.45, 7) is 0.173. The van der Waals surface area contributed by atoms with E-state index < -0.39 is 17.1 Å². The molecule has 0 spiro atoms. The number of carbonyl (C=O) groups is 1. The van der Waals surface area contributed by atoms with Crippen LogP contribution in [0.2, 0.25) is 0 Å². The van der Waals surface area contributed by atoms with E-state index in [0.29, 0.717) is 5.56 Å². The molecule has 0 heterocycles. The van der Waals surface area contributed by atoms with Gasteiger partial charge in [0.05, 0.1) is 11.0 Å². The van der Waals surface area contributed by atoms with Crippen LogP contribution in [0.5, 0.6) is 0 Å². The van der Waals surface area contributed by atoms with Crippen LogP contribution in [0.4, 0.5) is 14.9 Å². The molecule has 8 heteroatoms. The third-order valence-electron chi connectivity index (χ3n) is 3.31. The van der Waals surface area contributed by atoms with E-state index in [1.165, 1.54) is 36.4 Å². The number of halogens is 1. The normalized spacial score (nSPS) is 11.6. The van der Waals surface area contributed by atoms with Crippen LogP contribution >= 0.6 is 0 Å². The van der Waals surface area contributed by atoms with Gasteiger partial charge in [0.15, 0.2) is 0 Å². The summed E-state index contributed by atoms with van der Waals surface area (Å²) in [5.74, 6) is -0.352. The Bertz CT molecular complexity index is 704. The molecule has 0 saturated heterocycles. The highest BCUT2D eigenvalue weighted by Gasteiger charge is 2.11. The molecule has 0 radical (unpaired) electrons. The van der Waals surface area contributed by atoms with Crippen LogP contribution in [0, 0.1) is 15.9 Å². The summed E-state index contributed by atoms with van der Waals surface area (Å²) in [4.78, 5) is 21.7. The highest BCUT2D eigenvalue weighted by atomic mass is 19.1. The molecule has 0 aromatic heterocycles. The number of carbonyl (C=O) groups excluding carboxylic acids is 1. The maximum absolute atomic E-state index is 12.8. The number of aliphatic hydroxyl groups is 1. The summed E-state index contributed by atoms with van der Waals surface area (Å²) < 4.78 is 12.8. The number of nitrogens with zero attached hydrogens (tertiary/aromatic N) is 1. The Balaban J connectivity index is 1.78. The van der Waals surface area contributed by atoms with Gasteiger partial charge in [-0.25, -0.2) is 9.18 Å². The summed E-state index contributed by atoms with van der Waals surface area (Å²) in [7, 11) is 0. The van der Waals surface area contributed by atoms with Crippen LogP contribution in [-0.2, 0) is 6.54 Å². The van der Waals surface area contributed by atoms with Crippen molar-refractivity contribution in [1.29, 1.82) is 0 Å². The van der Waals surface area contributed by atoms with Crippen molar-refractivity contribution in [3.05, 3.63) is 75.6 Å². The fourth-order valence-corrected chi connectivity index (χ4v) is 1.97. The Kier molecular flexibility index (Phi) is 5.80. The number of hydrogen-bond donors (Lipinski definition) is 3. The SMILES string of the molecule is O=C(NCc1ccc(F)cc1)NC[C@H](O)c1ccc([N+](=O)[O-])cc1. The van der Waals surface area contributed by atoms with Gasteiger partial charge in [-0.1, -0.05) is 12.1 Å². The number of non-ortho nitro benzene ring substituents is 1. The Morgan fingerprint density at radius 3 is 2.33 bits per heavy atom. The third kappa shape index (κ3) is 5.03. The highest BCUT2D eigenvalue weighted by molar-refractivity contribution is 5.73. The van der Waals surface area contributed by atoms with Gasteiger partial charge in [-0.2, -0.15) is 0 Å². The topological polar surface area (TPSA) is 104 Å². The Morgan fingerprint density at radius 1 is 1.12 bits per heavy atom. The number of aliphatic hydroxyl groups excluding tert-OH is 1. The largest absolute Gasteiger partial charge is 0.387 e. The first-order chi connectivity index (χ1) is 11.5. The summed E-state index contributed by atoms with van der Waals surface area (Å²) in [5.41, 5.74) is 1.12. The first kappa shape index (κ1) is 17.4. The van der Waals surface area contributed by atoms with Crippen LogP contribution < -0.4 is 10.6 Å². The number of amides is 2. The second-order valence-electron chi connectivity index (χ2n) is 5.05. The lowest BCUT2D eigenvalue weighted by molar-refractivity contribution is -0.384. The van der Waals surface area contributed by atoms with Crippen molar-refractivity contribution < 1.29 is 19.2 Å². The molecule has 0 fully saturated rings. The van der Waals surface area contributed by atoms with Crippen molar-refractivity contribution in [2.75, 3.05) is 6.54 Å². The van der Waals surface area contributed by atoms with Gasteiger partial charge >= 0.3 is 6.03 Å². The lowest BCUT2D eigenvalue weighted by atomic mass is 10.1. The van der Waals surface area contributed by atoms with Gasteiger partial charge in [0.2, 0.25) is 0 Å². The van der Waals surface area contributed by atoms with E-state index >= 15 is 0 Å². The fourth-order valence-electron chi connectivity index (χ4n) is 1.97. The van der Waals surface area contributed by atoms with Crippen LogP contribution in [0.1, 0.15) is 17.2 Å². The molecule has 0 unspecified atom stereocenters. The van der Waals surface area contributed by atoms with E-state index in [1.807, 2.05) is 0 Å². The maximum atomic E-state index is 12.8. The number of hydrogen-bond acceptors (Lipinski definition) is 4. The molecular weight excluding hydrogens is 317 g/mol. The number of urea groups is 1. The van der Waals surface area contributed by atoms with Crippen LogP contribution in [0.25, 0.3) is 0 Å². The molecule has 0 aliphatic rings. The molecule has 7 nitrogen and oxygen atoms in total. The van der Waals surface area contributed by atoms with E-state index in [2.05, 4.69) is 10.6 Å². The van der Waals surface area contributed by atoms with E-state index in [-0.39, 0.29) is 24.6 Å². The smallest absolute Gasteiger partial charge is 0.315 e. The molecule has 0 saturated carbocycles. The maximum Gasteiger partial charge on any atom is 0.315 e. The number of nitro groups is 1. The lowest BCUT2D eigenvalue weighted by Gasteiger charge is -2.13. The number of rotatable bonds is 6. The van der Waals surface area contributed by atoms with Crippen molar-refractivity contribution in [2.24, 2.45) is 0 Å². The zero-order valence-electron chi connectivity index (χ0n) is 12.6. The molecule has 24 heavy (non-hydrogen) atoms. The number of nitrogens with one attached hydrogen (secondary N) is 2. The van der Waals surface area contributed by atoms with E-state index in [0.717, 1.165) is 5.56 Å². The van der Waals surface area contributed by atoms with E-state index in [9.17, 15) is 24.4 Å².